The predicted octanol–water partition coefficient (Wildman–Crippen LogP) is 2.00. The first kappa shape index (κ1) is 18.0. The molecule has 0 radical (unpaired) electrons. The average Bonchev–Trinajstić information content (AvgIpc) is 2.46. The van der Waals surface area contributed by atoms with Gasteiger partial charge >= 0.3 is 6.18 Å². The second kappa shape index (κ2) is 6.29. The SMILES string of the molecule is CC(C)N1CCN(S(=O)(=O)c2ccc(N)c(C(F)(F)F)c2)CC1. The number of sulfonamides is 1. The van der Waals surface area contributed by atoms with Gasteiger partial charge < -0.3 is 5.73 Å². The molecule has 0 spiro atoms. The number of halogens is 3. The number of benzene rings is 1. The third-order valence-corrected chi connectivity index (χ3v) is 5.87. The number of rotatable bonds is 3. The van der Waals surface area contributed by atoms with Crippen LogP contribution < -0.4 is 5.73 Å². The van der Waals surface area contributed by atoms with Crippen molar-refractivity contribution in [1.29, 1.82) is 0 Å². The van der Waals surface area contributed by atoms with Crippen LogP contribution in [0, 0.1) is 0 Å². The van der Waals surface area contributed by atoms with Crippen LogP contribution in [0.15, 0.2) is 23.1 Å². The normalized spacial score (nSPS) is 18.5. The summed E-state index contributed by atoms with van der Waals surface area (Å²) in [5.41, 5.74) is 3.70. The van der Waals surface area contributed by atoms with Crippen LogP contribution in [0.2, 0.25) is 0 Å². The fourth-order valence-electron chi connectivity index (χ4n) is 2.55. The van der Waals surface area contributed by atoms with E-state index in [1.165, 1.54) is 4.31 Å². The molecule has 23 heavy (non-hydrogen) atoms. The standard InChI is InChI=1S/C14H20F3N3O2S/c1-10(2)19-5-7-20(8-6-19)23(21,22)11-3-4-13(18)12(9-11)14(15,16)17/h3-4,9-10H,5-8,18H2,1-2H3. The van der Waals surface area contributed by atoms with E-state index in [1.54, 1.807) is 0 Å². The molecule has 9 heteroatoms. The molecule has 0 amide bonds. The largest absolute Gasteiger partial charge is 0.418 e. The Kier molecular flexibility index (Phi) is 4.93. The summed E-state index contributed by atoms with van der Waals surface area (Å²) in [5.74, 6) is 0. The highest BCUT2D eigenvalue weighted by Crippen LogP contribution is 2.35. The molecule has 1 saturated heterocycles. The monoisotopic (exact) mass is 351 g/mol. The van der Waals surface area contributed by atoms with Crippen molar-refractivity contribution in [3.8, 4) is 0 Å². The van der Waals surface area contributed by atoms with Crippen molar-refractivity contribution in [3.05, 3.63) is 23.8 Å². The molecule has 1 fully saturated rings. The molecule has 0 bridgehead atoms. The van der Waals surface area contributed by atoms with Crippen LogP contribution in [0.1, 0.15) is 19.4 Å². The highest BCUT2D eigenvalue weighted by atomic mass is 32.2. The maximum absolute atomic E-state index is 12.9. The molecule has 0 aliphatic carbocycles. The molecule has 0 unspecified atom stereocenters. The van der Waals surface area contributed by atoms with Crippen molar-refractivity contribution in [2.24, 2.45) is 0 Å². The van der Waals surface area contributed by atoms with E-state index in [-0.39, 0.29) is 18.0 Å². The van der Waals surface area contributed by atoms with Crippen LogP contribution in [0.4, 0.5) is 18.9 Å². The first-order chi connectivity index (χ1) is 10.5. The van der Waals surface area contributed by atoms with Gasteiger partial charge in [-0.25, -0.2) is 8.42 Å². The minimum Gasteiger partial charge on any atom is -0.398 e. The Morgan fingerprint density at radius 1 is 1.13 bits per heavy atom. The van der Waals surface area contributed by atoms with Gasteiger partial charge in [0, 0.05) is 37.9 Å². The lowest BCUT2D eigenvalue weighted by Gasteiger charge is -2.36. The van der Waals surface area contributed by atoms with Gasteiger partial charge in [0.1, 0.15) is 0 Å². The van der Waals surface area contributed by atoms with E-state index in [0.29, 0.717) is 25.2 Å². The second-order valence-corrected chi connectivity index (χ2v) is 7.72. The van der Waals surface area contributed by atoms with Crippen LogP contribution in [0.5, 0.6) is 0 Å². The lowest BCUT2D eigenvalue weighted by atomic mass is 10.2. The zero-order valence-electron chi connectivity index (χ0n) is 13.0. The summed E-state index contributed by atoms with van der Waals surface area (Å²) < 4.78 is 65.0. The third kappa shape index (κ3) is 3.78. The van der Waals surface area contributed by atoms with Gasteiger partial charge in [0.2, 0.25) is 10.0 Å². The summed E-state index contributed by atoms with van der Waals surface area (Å²) >= 11 is 0. The number of anilines is 1. The highest BCUT2D eigenvalue weighted by Gasteiger charge is 2.36. The van der Waals surface area contributed by atoms with Crippen LogP contribution in [0.3, 0.4) is 0 Å². The molecule has 130 valence electrons. The van der Waals surface area contributed by atoms with Crippen molar-refractivity contribution >= 4 is 15.7 Å². The van der Waals surface area contributed by atoms with E-state index < -0.39 is 27.5 Å². The van der Waals surface area contributed by atoms with Crippen molar-refractivity contribution in [2.45, 2.75) is 31.0 Å². The molecule has 1 aromatic rings. The zero-order chi connectivity index (χ0) is 17.4. The average molecular weight is 351 g/mol. The predicted molar refractivity (Wildman–Crippen MR) is 81.3 cm³/mol. The minimum atomic E-state index is -4.69. The second-order valence-electron chi connectivity index (χ2n) is 5.78. The number of hydrogen-bond donors (Lipinski definition) is 1. The molecular formula is C14H20F3N3O2S. The molecule has 1 aromatic carbocycles. The first-order valence-electron chi connectivity index (χ1n) is 7.24. The number of nitrogen functional groups attached to an aromatic ring is 1. The Bertz CT molecular complexity index is 666. The maximum atomic E-state index is 12.9. The molecule has 2 rings (SSSR count). The fourth-order valence-corrected chi connectivity index (χ4v) is 4.00. The number of hydrogen-bond acceptors (Lipinski definition) is 4. The summed E-state index contributed by atoms with van der Waals surface area (Å²) in [6.07, 6.45) is -4.69. The Morgan fingerprint density at radius 3 is 2.17 bits per heavy atom. The molecule has 0 aromatic heterocycles. The summed E-state index contributed by atoms with van der Waals surface area (Å²) in [4.78, 5) is 1.74. The lowest BCUT2D eigenvalue weighted by molar-refractivity contribution is -0.137. The van der Waals surface area contributed by atoms with Crippen molar-refractivity contribution in [2.75, 3.05) is 31.9 Å². The molecular weight excluding hydrogens is 331 g/mol. The number of nitrogens with zero attached hydrogens (tertiary/aromatic N) is 2. The third-order valence-electron chi connectivity index (χ3n) is 3.97. The van der Waals surface area contributed by atoms with E-state index in [4.69, 9.17) is 5.73 Å². The minimum absolute atomic E-state index is 0.256. The van der Waals surface area contributed by atoms with Gasteiger partial charge in [-0.3, -0.25) is 4.90 Å². The van der Waals surface area contributed by atoms with Gasteiger partial charge in [-0.2, -0.15) is 17.5 Å². The molecule has 0 atom stereocenters. The number of alkyl halides is 3. The van der Waals surface area contributed by atoms with Crippen LogP contribution in [-0.2, 0) is 16.2 Å². The molecule has 1 heterocycles. The van der Waals surface area contributed by atoms with Gasteiger partial charge in [-0.05, 0) is 32.0 Å². The topological polar surface area (TPSA) is 66.6 Å². The van der Waals surface area contributed by atoms with Gasteiger partial charge in [0.05, 0.1) is 10.5 Å². The Morgan fingerprint density at radius 2 is 1.70 bits per heavy atom. The Balaban J connectivity index is 2.28. The van der Waals surface area contributed by atoms with Gasteiger partial charge in [0.15, 0.2) is 0 Å². The summed E-state index contributed by atoms with van der Waals surface area (Å²) in [6, 6.07) is 3.02. The van der Waals surface area contributed by atoms with Crippen molar-refractivity contribution in [1.82, 2.24) is 9.21 Å². The van der Waals surface area contributed by atoms with Crippen molar-refractivity contribution in [3.63, 3.8) is 0 Å². The smallest absolute Gasteiger partial charge is 0.398 e. The van der Waals surface area contributed by atoms with Crippen LogP contribution >= 0.6 is 0 Å². The van der Waals surface area contributed by atoms with E-state index in [1.807, 2.05) is 13.8 Å². The molecule has 1 aliphatic heterocycles. The lowest BCUT2D eigenvalue weighted by Crippen LogP contribution is -2.50. The molecule has 1 aliphatic rings. The van der Waals surface area contributed by atoms with Gasteiger partial charge in [-0.1, -0.05) is 0 Å². The number of nitrogens with two attached hydrogens (primary N) is 1. The van der Waals surface area contributed by atoms with Crippen molar-refractivity contribution < 1.29 is 21.6 Å². The van der Waals surface area contributed by atoms with E-state index in [2.05, 4.69) is 4.90 Å². The van der Waals surface area contributed by atoms with Crippen LogP contribution in [0.25, 0.3) is 0 Å². The van der Waals surface area contributed by atoms with E-state index >= 15 is 0 Å². The van der Waals surface area contributed by atoms with Gasteiger partial charge in [0.25, 0.3) is 0 Å². The van der Waals surface area contributed by atoms with Crippen LogP contribution in [-0.4, -0.2) is 49.8 Å². The quantitative estimate of drug-likeness (QED) is 0.846. The van der Waals surface area contributed by atoms with E-state index in [9.17, 15) is 21.6 Å². The Labute approximate surface area is 133 Å². The summed E-state index contributed by atoms with van der Waals surface area (Å²) in [7, 11) is -3.96. The summed E-state index contributed by atoms with van der Waals surface area (Å²) in [6.45, 7) is 5.65. The fraction of sp³-hybridized carbons (Fsp3) is 0.571. The number of piperazine rings is 1. The Hall–Kier alpha value is -1.32. The maximum Gasteiger partial charge on any atom is 0.418 e. The molecule has 0 saturated carbocycles. The highest BCUT2D eigenvalue weighted by molar-refractivity contribution is 7.89. The zero-order valence-corrected chi connectivity index (χ0v) is 13.8. The summed E-state index contributed by atoms with van der Waals surface area (Å²) in [5, 5.41) is 0. The van der Waals surface area contributed by atoms with Gasteiger partial charge in [-0.15, -0.1) is 0 Å². The molecule has 2 N–H and O–H groups in total. The van der Waals surface area contributed by atoms with E-state index in [0.717, 1.165) is 12.1 Å². The molecule has 5 nitrogen and oxygen atoms in total. The first-order valence-corrected chi connectivity index (χ1v) is 8.68.